The molecular formula is C46H90N20O6. The Bertz CT molecular complexity index is 1700. The highest BCUT2D eigenvalue weighted by Gasteiger charge is 2.26. The highest BCUT2D eigenvalue weighted by atomic mass is 16.2. The molecule has 26 heteroatoms. The molecule has 0 aromatic carbocycles. The maximum absolute atomic E-state index is 13.4. The third kappa shape index (κ3) is 27.6. The second kappa shape index (κ2) is 38.4. The number of carbonyl (C=O) groups excluding carboxylic acids is 6. The van der Waals surface area contributed by atoms with E-state index in [2.05, 4.69) is 52.5 Å². The van der Waals surface area contributed by atoms with Crippen LogP contribution in [0.4, 0.5) is 0 Å². The predicted molar refractivity (Wildman–Crippen MR) is 274 cm³/mol. The molecule has 6 atom stereocenters. The minimum Gasteiger partial charge on any atom is -0.355 e. The van der Waals surface area contributed by atoms with Gasteiger partial charge in [-0.2, -0.15) is 0 Å². The van der Waals surface area contributed by atoms with Crippen molar-refractivity contribution in [2.75, 3.05) is 39.3 Å². The minimum absolute atomic E-state index is 0.0891. The number of nitrogens with zero attached hydrogens (tertiary/aromatic N) is 6. The fourth-order valence-electron chi connectivity index (χ4n) is 7.49. The lowest BCUT2D eigenvalue weighted by atomic mass is 10.1. The van der Waals surface area contributed by atoms with Gasteiger partial charge in [0.1, 0.15) is 23.5 Å². The van der Waals surface area contributed by atoms with Crippen LogP contribution < -0.4 is 77.8 Å². The average Bonchev–Trinajstić information content (AvgIpc) is 4.04. The molecule has 72 heavy (non-hydrogen) atoms. The summed E-state index contributed by atoms with van der Waals surface area (Å²) in [6, 6.07) is -4.49. The second-order valence-electron chi connectivity index (χ2n) is 18.3. The number of amides is 6. The van der Waals surface area contributed by atoms with Crippen LogP contribution in [0, 0.1) is 0 Å². The van der Waals surface area contributed by atoms with Crippen LogP contribution in [0.25, 0.3) is 0 Å². The number of aromatic nitrogens is 6. The van der Waals surface area contributed by atoms with Crippen molar-refractivity contribution in [3.63, 3.8) is 0 Å². The van der Waals surface area contributed by atoms with E-state index in [1.807, 2.05) is 0 Å². The molecule has 2 heterocycles. The van der Waals surface area contributed by atoms with Gasteiger partial charge in [0.2, 0.25) is 35.4 Å². The van der Waals surface area contributed by atoms with Crippen molar-refractivity contribution >= 4 is 35.4 Å². The van der Waals surface area contributed by atoms with Crippen molar-refractivity contribution in [2.45, 2.75) is 191 Å². The average molecular weight is 1020 g/mol. The molecule has 0 spiro atoms. The Hall–Kier alpha value is -5.22. The first-order chi connectivity index (χ1) is 34.7. The molecule has 0 bridgehead atoms. The Morgan fingerprint density at radius 3 is 1.06 bits per heavy atom. The van der Waals surface area contributed by atoms with Gasteiger partial charge in [-0.3, -0.25) is 38.1 Å². The fourth-order valence-corrected chi connectivity index (χ4v) is 7.49. The van der Waals surface area contributed by atoms with Crippen LogP contribution in [0.15, 0.2) is 12.4 Å². The summed E-state index contributed by atoms with van der Waals surface area (Å²) >= 11 is 0. The van der Waals surface area contributed by atoms with Gasteiger partial charge in [-0.05, 0) is 129 Å². The van der Waals surface area contributed by atoms with Gasteiger partial charge in [-0.15, -0.1) is 10.2 Å². The van der Waals surface area contributed by atoms with Gasteiger partial charge in [0.05, 0.1) is 49.7 Å². The van der Waals surface area contributed by atoms with Crippen LogP contribution in [-0.2, 0) is 54.9 Å². The zero-order valence-corrected chi connectivity index (χ0v) is 42.6. The van der Waals surface area contributed by atoms with E-state index in [1.54, 1.807) is 21.8 Å². The quantitative estimate of drug-likeness (QED) is 0.0294. The molecule has 0 aliphatic carbocycles. The van der Waals surface area contributed by atoms with Crippen molar-refractivity contribution in [1.29, 1.82) is 0 Å². The lowest BCUT2D eigenvalue weighted by molar-refractivity contribution is -0.130. The van der Waals surface area contributed by atoms with E-state index in [0.29, 0.717) is 141 Å². The molecule has 26 nitrogen and oxygen atoms in total. The number of aryl methyl sites for hydroxylation is 2. The van der Waals surface area contributed by atoms with E-state index in [-0.39, 0.29) is 24.9 Å². The Labute approximate surface area is 424 Å². The molecule has 6 amide bonds. The Kier molecular flexibility index (Phi) is 33.5. The van der Waals surface area contributed by atoms with Gasteiger partial charge in [-0.1, -0.05) is 36.1 Å². The highest BCUT2D eigenvalue weighted by Crippen LogP contribution is 2.09. The predicted octanol–water partition coefficient (Wildman–Crippen LogP) is -3.05. The van der Waals surface area contributed by atoms with Crippen molar-refractivity contribution in [3.8, 4) is 0 Å². The Morgan fingerprint density at radius 2 is 0.722 bits per heavy atom. The molecular weight excluding hydrogens is 929 g/mol. The van der Waals surface area contributed by atoms with E-state index in [9.17, 15) is 28.8 Å². The second-order valence-corrected chi connectivity index (χ2v) is 18.3. The number of unbranched alkanes of at least 4 members (excludes halogenated alkanes) is 7. The smallest absolute Gasteiger partial charge is 0.242 e. The standard InChI is InChI=1S/C46H90N20O6/c47-21-7-1-15-35(51)41(67)55-25-11-5-19-39(59-43(69)37(53)17-3-9-23-49)45(71)57-29-33-31-65(63-61-33)27-13-14-28-66-32-34(62-64-66)30-58-46(72)40(60-44(70)38(54)18-4-10-24-50)20-6-12-26-56-42(68)36(52)16-2-8-22-48/h31-32,35-40H,1-30,47-54H2,(H,55,67)(H,56,68)(H,57,71)(H,58,72)(H,59,69)(H,60,70)/t35-,36-,37-,38-,39-,40-/m0/s1. The van der Waals surface area contributed by atoms with Gasteiger partial charge in [0.15, 0.2) is 0 Å². The first-order valence-corrected chi connectivity index (χ1v) is 26.0. The summed E-state index contributed by atoms with van der Waals surface area (Å²) in [5.41, 5.74) is 47.5. The van der Waals surface area contributed by atoms with E-state index in [0.717, 1.165) is 51.4 Å². The number of nitrogens with one attached hydrogen (secondary N) is 6. The summed E-state index contributed by atoms with van der Waals surface area (Å²) in [6.45, 7) is 4.12. The zero-order valence-electron chi connectivity index (χ0n) is 42.6. The van der Waals surface area contributed by atoms with Crippen molar-refractivity contribution in [2.24, 2.45) is 45.9 Å². The highest BCUT2D eigenvalue weighted by molar-refractivity contribution is 5.90. The van der Waals surface area contributed by atoms with Crippen molar-refractivity contribution in [1.82, 2.24) is 61.9 Å². The van der Waals surface area contributed by atoms with E-state index in [4.69, 9.17) is 45.9 Å². The van der Waals surface area contributed by atoms with E-state index >= 15 is 0 Å². The SMILES string of the molecule is NCCCC[C@H](N)C(=O)NCCCC[C@H](NC(=O)[C@@H](N)CCCCN)C(=O)NCc1cn(CCCCn2cc(CNC(=O)[C@H](CCCCNC(=O)[C@@H](N)CCCCN)NC(=O)[C@@H](N)CCCCN)nn2)nn1. The monoisotopic (exact) mass is 1020 g/mol. The third-order valence-electron chi connectivity index (χ3n) is 12.0. The van der Waals surface area contributed by atoms with Gasteiger partial charge in [-0.25, -0.2) is 0 Å². The fraction of sp³-hybridized carbons (Fsp3) is 0.783. The summed E-state index contributed by atoms with van der Waals surface area (Å²) in [4.78, 5) is 77.4. The summed E-state index contributed by atoms with van der Waals surface area (Å²) < 4.78 is 3.36. The van der Waals surface area contributed by atoms with Crippen molar-refractivity contribution in [3.05, 3.63) is 23.8 Å². The molecule has 2 rings (SSSR count). The molecule has 0 unspecified atom stereocenters. The minimum atomic E-state index is -0.854. The molecule has 0 saturated carbocycles. The maximum Gasteiger partial charge on any atom is 0.242 e. The normalized spacial score (nSPS) is 13.8. The molecule has 22 N–H and O–H groups in total. The number of nitrogens with two attached hydrogens (primary N) is 8. The molecule has 0 aliphatic rings. The molecule has 0 radical (unpaired) electrons. The Balaban J connectivity index is 1.86. The van der Waals surface area contributed by atoms with Crippen LogP contribution in [0.3, 0.4) is 0 Å². The van der Waals surface area contributed by atoms with Gasteiger partial charge in [0.25, 0.3) is 0 Å². The molecule has 0 fully saturated rings. The van der Waals surface area contributed by atoms with Crippen LogP contribution >= 0.6 is 0 Å². The van der Waals surface area contributed by atoms with Gasteiger partial charge < -0.3 is 77.8 Å². The van der Waals surface area contributed by atoms with E-state index < -0.39 is 59.9 Å². The van der Waals surface area contributed by atoms with Crippen LogP contribution in [0.5, 0.6) is 0 Å². The lowest BCUT2D eigenvalue weighted by Crippen LogP contribution is -2.51. The lowest BCUT2D eigenvalue weighted by Gasteiger charge is -2.21. The van der Waals surface area contributed by atoms with Crippen LogP contribution in [-0.4, -0.2) is 141 Å². The number of rotatable bonds is 43. The summed E-state index contributed by atoms with van der Waals surface area (Å²) in [5, 5.41) is 33.8. The zero-order chi connectivity index (χ0) is 52.9. The molecule has 0 saturated heterocycles. The number of carbonyl (C=O) groups is 6. The van der Waals surface area contributed by atoms with Crippen molar-refractivity contribution < 1.29 is 28.8 Å². The molecule has 2 aromatic rings. The third-order valence-corrected chi connectivity index (χ3v) is 12.0. The molecule has 0 aliphatic heterocycles. The van der Waals surface area contributed by atoms with E-state index in [1.165, 1.54) is 0 Å². The first-order valence-electron chi connectivity index (χ1n) is 26.0. The molecule has 2 aromatic heterocycles. The number of hydrogen-bond donors (Lipinski definition) is 14. The van der Waals surface area contributed by atoms with Crippen LogP contribution in [0.1, 0.15) is 140 Å². The summed E-state index contributed by atoms with van der Waals surface area (Å²) in [6.07, 6.45) is 15.8. The largest absolute Gasteiger partial charge is 0.355 e. The van der Waals surface area contributed by atoms with Gasteiger partial charge >= 0.3 is 0 Å². The Morgan fingerprint density at radius 1 is 0.403 bits per heavy atom. The van der Waals surface area contributed by atoms with Crippen LogP contribution in [0.2, 0.25) is 0 Å². The molecule has 410 valence electrons. The summed E-state index contributed by atoms with van der Waals surface area (Å²) in [7, 11) is 0. The summed E-state index contributed by atoms with van der Waals surface area (Å²) in [5.74, 6) is -2.10. The topological polar surface area (TPSA) is 444 Å². The number of hydrogen-bond acceptors (Lipinski definition) is 18. The van der Waals surface area contributed by atoms with Gasteiger partial charge in [0, 0.05) is 26.2 Å². The maximum atomic E-state index is 13.4. The first kappa shape index (κ1) is 62.9.